The molecule has 3 rings (SSSR count). The van der Waals surface area contributed by atoms with Gasteiger partial charge in [-0.25, -0.2) is 0 Å². The predicted octanol–water partition coefficient (Wildman–Crippen LogP) is 9.63. The predicted molar refractivity (Wildman–Crippen MR) is 247 cm³/mol. The first kappa shape index (κ1) is 52.8. The maximum Gasteiger partial charge on any atom is 0.311 e. The highest BCUT2D eigenvalue weighted by atomic mass is 28.4. The Morgan fingerprint density at radius 3 is 1.42 bits per heavy atom. The van der Waals surface area contributed by atoms with Gasteiger partial charge in [0.05, 0.1) is 21.7 Å². The van der Waals surface area contributed by atoms with Crippen LogP contribution in [0.2, 0.25) is 5.04 Å². The van der Waals surface area contributed by atoms with E-state index in [1.165, 1.54) is 10.4 Å². The van der Waals surface area contributed by atoms with Crippen molar-refractivity contribution in [3.63, 3.8) is 0 Å². The van der Waals surface area contributed by atoms with Crippen molar-refractivity contribution in [2.24, 2.45) is 33.5 Å². The number of carbonyl (C=O) groups is 4. The lowest BCUT2D eigenvalue weighted by Crippen LogP contribution is -2.66. The molecule has 0 aromatic heterocycles. The van der Waals surface area contributed by atoms with E-state index in [0.717, 1.165) is 12.8 Å². The van der Waals surface area contributed by atoms with Gasteiger partial charge in [0.1, 0.15) is 18.8 Å². The van der Waals surface area contributed by atoms with Crippen LogP contribution in [0.4, 0.5) is 0 Å². The second kappa shape index (κ2) is 21.0. The first-order chi connectivity index (χ1) is 28.5. The lowest BCUT2D eigenvalue weighted by molar-refractivity contribution is -0.270. The molecule has 1 fully saturated rings. The fourth-order valence-electron chi connectivity index (χ4n) is 7.69. The molecule has 11 heteroatoms. The van der Waals surface area contributed by atoms with Gasteiger partial charge in [0.2, 0.25) is 0 Å². The average molecular weight is 881 g/mol. The number of carbonyl (C=O) groups excluding carboxylic acids is 4. The highest BCUT2D eigenvalue weighted by molar-refractivity contribution is 6.99. The normalized spacial score (nSPS) is 21.3. The van der Waals surface area contributed by atoms with Gasteiger partial charge in [-0.05, 0) is 123 Å². The number of hydrogen-bond donors (Lipinski definition) is 0. The van der Waals surface area contributed by atoms with Gasteiger partial charge in [-0.15, -0.1) is 0 Å². The molecule has 0 saturated carbocycles. The zero-order valence-corrected chi connectivity index (χ0v) is 42.1. The van der Waals surface area contributed by atoms with Gasteiger partial charge in [0.15, 0.2) is 18.3 Å². The summed E-state index contributed by atoms with van der Waals surface area (Å²) in [7, 11) is -2.86. The molecule has 0 bridgehead atoms. The molecule has 0 N–H and O–H groups in total. The number of rotatable bonds is 16. The van der Waals surface area contributed by atoms with E-state index in [2.05, 4.69) is 83.1 Å². The maximum absolute atomic E-state index is 14.0. The molecule has 0 spiro atoms. The summed E-state index contributed by atoms with van der Waals surface area (Å²) in [5, 5.41) is 2.15. The van der Waals surface area contributed by atoms with Gasteiger partial charge in [-0.1, -0.05) is 108 Å². The van der Waals surface area contributed by atoms with E-state index in [9.17, 15) is 19.2 Å². The third-order valence-corrected chi connectivity index (χ3v) is 16.6. The number of hydrogen-bond acceptors (Lipinski definition) is 10. The topological polar surface area (TPSA) is 124 Å². The van der Waals surface area contributed by atoms with Crippen molar-refractivity contribution in [1.82, 2.24) is 0 Å². The average Bonchev–Trinajstić information content (AvgIpc) is 3.16. The standard InChI is InChI=1S/C51H80O10Si/c1-18-19-30-37(34(2)31-32-57-62(51(15,16)17,35-26-22-20-23-27-35)36-28-24-21-25-29-36)39-41(60-45(54)49(9,10)11)42(61-46(55)50(12,13)14)40(59-44(53)48(6,7)8)38(58-39)33-56-43(52)47(3,4)5/h20-29,34,37-42H,18-19,30-33H2,1-17H3/t34-,37+,38-,39+,40-,41+,42+/m1/s1. The number of benzene rings is 2. The highest BCUT2D eigenvalue weighted by Gasteiger charge is 2.57. The molecule has 1 aliphatic heterocycles. The largest absolute Gasteiger partial charge is 0.462 e. The first-order valence-corrected chi connectivity index (χ1v) is 24.6. The van der Waals surface area contributed by atoms with E-state index in [-0.39, 0.29) is 23.5 Å². The molecule has 348 valence electrons. The molecule has 1 aliphatic rings. The Balaban J connectivity index is 2.24. The highest BCUT2D eigenvalue weighted by Crippen LogP contribution is 2.41. The van der Waals surface area contributed by atoms with Crippen LogP contribution in [0.1, 0.15) is 143 Å². The molecular weight excluding hydrogens is 801 g/mol. The van der Waals surface area contributed by atoms with Gasteiger partial charge in [-0.3, -0.25) is 19.2 Å². The lowest BCUT2D eigenvalue weighted by atomic mass is 9.77. The third kappa shape index (κ3) is 13.5. The van der Waals surface area contributed by atoms with Gasteiger partial charge < -0.3 is 28.1 Å². The number of unbranched alkanes of at least 4 members (excludes halogenated alkanes) is 1. The summed E-state index contributed by atoms with van der Waals surface area (Å²) in [5.41, 5.74) is -3.69. The van der Waals surface area contributed by atoms with E-state index >= 15 is 0 Å². The second-order valence-electron chi connectivity index (χ2n) is 22.4. The summed E-state index contributed by atoms with van der Waals surface area (Å²) in [6.45, 7) is 32.1. The minimum Gasteiger partial charge on any atom is -0.462 e. The van der Waals surface area contributed by atoms with Gasteiger partial charge >= 0.3 is 23.9 Å². The van der Waals surface area contributed by atoms with Crippen LogP contribution in [-0.4, -0.2) is 75.9 Å². The van der Waals surface area contributed by atoms with Crippen LogP contribution >= 0.6 is 0 Å². The van der Waals surface area contributed by atoms with Crippen molar-refractivity contribution >= 4 is 42.6 Å². The Kier molecular flexibility index (Phi) is 17.9. The summed E-state index contributed by atoms with van der Waals surface area (Å²) in [6, 6.07) is 21.1. The zero-order valence-electron chi connectivity index (χ0n) is 41.1. The zero-order chi connectivity index (χ0) is 47.1. The van der Waals surface area contributed by atoms with Crippen molar-refractivity contribution in [3.8, 4) is 0 Å². The van der Waals surface area contributed by atoms with Crippen LogP contribution in [0, 0.1) is 33.5 Å². The Labute approximate surface area is 375 Å². The van der Waals surface area contributed by atoms with Crippen LogP contribution < -0.4 is 10.4 Å². The van der Waals surface area contributed by atoms with Crippen LogP contribution in [0.15, 0.2) is 60.7 Å². The molecule has 1 saturated heterocycles. The summed E-state index contributed by atoms with van der Waals surface area (Å²) < 4.78 is 39.5. The minimum absolute atomic E-state index is 0.0639. The van der Waals surface area contributed by atoms with Crippen LogP contribution in [-0.2, 0) is 47.3 Å². The van der Waals surface area contributed by atoms with Gasteiger partial charge in [-0.2, -0.15) is 0 Å². The van der Waals surface area contributed by atoms with E-state index in [1.54, 1.807) is 83.1 Å². The Hall–Kier alpha value is -3.54. The summed E-state index contributed by atoms with van der Waals surface area (Å²) in [5.74, 6) is -2.47. The molecule has 0 unspecified atom stereocenters. The Morgan fingerprint density at radius 2 is 1.02 bits per heavy atom. The SMILES string of the molecule is CCCC[C@H]([C@@H]1O[C@H](COC(=O)C(C)(C)C)[C@@H](OC(=O)C(C)(C)C)[C@H](OC(=O)C(C)(C)C)[C@H]1OC(=O)C(C)(C)C)[C@H](C)CCO[Si](c1ccccc1)(c1ccccc1)C(C)(C)C. The van der Waals surface area contributed by atoms with Crippen molar-refractivity contribution in [2.45, 2.75) is 179 Å². The van der Waals surface area contributed by atoms with Gasteiger partial charge in [0.25, 0.3) is 8.32 Å². The molecule has 10 nitrogen and oxygen atoms in total. The first-order valence-electron chi connectivity index (χ1n) is 22.7. The molecule has 62 heavy (non-hydrogen) atoms. The van der Waals surface area contributed by atoms with Crippen LogP contribution in [0.25, 0.3) is 0 Å². The Morgan fingerprint density at radius 1 is 0.597 bits per heavy atom. The lowest BCUT2D eigenvalue weighted by Gasteiger charge is -2.49. The van der Waals surface area contributed by atoms with Crippen molar-refractivity contribution < 1.29 is 47.3 Å². The molecule has 0 radical (unpaired) electrons. The molecule has 0 aliphatic carbocycles. The molecule has 7 atom stereocenters. The van der Waals surface area contributed by atoms with E-state index in [4.69, 9.17) is 28.1 Å². The summed E-state index contributed by atoms with van der Waals surface area (Å²) in [6.07, 6.45) is -2.62. The van der Waals surface area contributed by atoms with E-state index < -0.39 is 84.4 Å². The third-order valence-electron chi connectivity index (χ3n) is 11.6. The van der Waals surface area contributed by atoms with Crippen LogP contribution in [0.5, 0.6) is 0 Å². The fraction of sp³-hybridized carbons (Fsp3) is 0.686. The molecular formula is C51H80O10Si. The molecule has 2 aromatic rings. The van der Waals surface area contributed by atoms with Crippen molar-refractivity contribution in [1.29, 1.82) is 0 Å². The summed E-state index contributed by atoms with van der Waals surface area (Å²) in [4.78, 5) is 55.1. The van der Waals surface area contributed by atoms with E-state index in [0.29, 0.717) is 19.4 Å². The summed E-state index contributed by atoms with van der Waals surface area (Å²) >= 11 is 0. The fourth-order valence-corrected chi connectivity index (χ4v) is 12.3. The smallest absolute Gasteiger partial charge is 0.311 e. The van der Waals surface area contributed by atoms with E-state index in [1.807, 2.05) is 12.1 Å². The number of esters is 4. The van der Waals surface area contributed by atoms with Crippen molar-refractivity contribution in [2.75, 3.05) is 13.2 Å². The minimum atomic E-state index is -2.86. The Bertz CT molecular complexity index is 1720. The quantitative estimate of drug-likeness (QED) is 0.0915. The van der Waals surface area contributed by atoms with Crippen LogP contribution in [0.3, 0.4) is 0 Å². The second-order valence-corrected chi connectivity index (χ2v) is 26.7. The van der Waals surface area contributed by atoms with Crippen molar-refractivity contribution in [3.05, 3.63) is 60.7 Å². The number of ether oxygens (including phenoxy) is 5. The van der Waals surface area contributed by atoms with Gasteiger partial charge in [0, 0.05) is 6.61 Å². The monoisotopic (exact) mass is 881 g/mol. The molecule has 1 heterocycles. The maximum atomic E-state index is 14.0. The molecule has 0 amide bonds. The molecule has 2 aromatic carbocycles.